The van der Waals surface area contributed by atoms with Gasteiger partial charge in [-0.3, -0.25) is 19.7 Å². The van der Waals surface area contributed by atoms with Crippen LogP contribution in [0.1, 0.15) is 16.7 Å². The smallest absolute Gasteiger partial charge is 0.248 e. The molecule has 4 aliphatic rings. The van der Waals surface area contributed by atoms with E-state index in [0.29, 0.717) is 55.7 Å². The van der Waals surface area contributed by atoms with Gasteiger partial charge < -0.3 is 25.0 Å². The van der Waals surface area contributed by atoms with Crippen LogP contribution in [-0.4, -0.2) is 79.2 Å². The van der Waals surface area contributed by atoms with Crippen LogP contribution in [0.4, 0.5) is 11.5 Å². The molecule has 0 bridgehead atoms. The van der Waals surface area contributed by atoms with Crippen LogP contribution in [0.2, 0.25) is 5.02 Å². The quantitative estimate of drug-likeness (QED) is 0.559. The molecule has 11 heteroatoms. The summed E-state index contributed by atoms with van der Waals surface area (Å²) >= 11 is 6.54. The first-order chi connectivity index (χ1) is 17.4. The Balaban J connectivity index is 1.18. The zero-order valence-electron chi connectivity index (χ0n) is 19.6. The van der Waals surface area contributed by atoms with E-state index in [4.69, 9.17) is 21.1 Å². The Labute approximate surface area is 212 Å². The molecule has 3 N–H and O–H groups in total. The zero-order valence-corrected chi connectivity index (χ0v) is 20.3. The molecule has 2 aromatic rings. The molecule has 10 nitrogen and oxygen atoms in total. The summed E-state index contributed by atoms with van der Waals surface area (Å²) in [6.45, 7) is 2.09. The molecule has 1 atom stereocenters. The lowest BCUT2D eigenvalue weighted by atomic mass is 9.79. The minimum atomic E-state index is -0.971. The predicted octanol–water partition coefficient (Wildman–Crippen LogP) is 0.880. The van der Waals surface area contributed by atoms with Crippen molar-refractivity contribution >= 4 is 40.8 Å². The molecule has 188 valence electrons. The number of carbonyl (C=O) groups excluding carboxylic acids is 3. The van der Waals surface area contributed by atoms with Crippen LogP contribution in [0.5, 0.6) is 0 Å². The van der Waals surface area contributed by atoms with Gasteiger partial charge in [0.25, 0.3) is 0 Å². The molecule has 2 fully saturated rings. The van der Waals surface area contributed by atoms with Gasteiger partial charge in [0.1, 0.15) is 11.4 Å². The third kappa shape index (κ3) is 3.76. The van der Waals surface area contributed by atoms with Gasteiger partial charge in [-0.15, -0.1) is 0 Å². The van der Waals surface area contributed by atoms with E-state index in [1.807, 2.05) is 24.3 Å². The van der Waals surface area contributed by atoms with E-state index in [1.165, 1.54) is 4.90 Å². The second-order valence-corrected chi connectivity index (χ2v) is 10.2. The molecular formula is C25H26ClN5O5. The number of amides is 3. The number of ether oxygens (including phenoxy) is 2. The second kappa shape index (κ2) is 8.81. The molecule has 1 unspecified atom stereocenters. The maximum Gasteiger partial charge on any atom is 0.248 e. The van der Waals surface area contributed by atoms with E-state index in [2.05, 4.69) is 20.9 Å². The molecular weight excluding hydrogens is 486 g/mol. The summed E-state index contributed by atoms with van der Waals surface area (Å²) in [5.74, 6) is -0.0459. The van der Waals surface area contributed by atoms with Gasteiger partial charge in [-0.25, -0.2) is 4.98 Å². The highest BCUT2D eigenvalue weighted by molar-refractivity contribution is 6.34. The monoisotopic (exact) mass is 511 g/mol. The van der Waals surface area contributed by atoms with Crippen LogP contribution in [0.3, 0.4) is 0 Å². The lowest BCUT2D eigenvalue weighted by Gasteiger charge is -2.40. The normalized spacial score (nSPS) is 24.4. The van der Waals surface area contributed by atoms with Crippen molar-refractivity contribution in [3.8, 4) is 0 Å². The molecule has 1 aromatic carbocycles. The van der Waals surface area contributed by atoms with Gasteiger partial charge in [-0.05, 0) is 42.2 Å². The SMILES string of the molecule is O=C(CN1CCNC2(COCCOC2)C1=O)Nc1cc2c(cc1Cl)CC1(C2)C(=O)Nc2ncccc21. The van der Waals surface area contributed by atoms with Crippen molar-refractivity contribution < 1.29 is 23.9 Å². The summed E-state index contributed by atoms with van der Waals surface area (Å²) in [6, 6.07) is 7.41. The number of hydrogen-bond acceptors (Lipinski definition) is 7. The number of pyridine rings is 1. The summed E-state index contributed by atoms with van der Waals surface area (Å²) in [6.07, 6.45) is 2.67. The molecule has 4 heterocycles. The summed E-state index contributed by atoms with van der Waals surface area (Å²) in [5.41, 5.74) is 1.57. The van der Waals surface area contributed by atoms with Gasteiger partial charge in [-0.1, -0.05) is 17.7 Å². The number of nitrogens with one attached hydrogen (secondary N) is 3. The Morgan fingerprint density at radius 3 is 2.69 bits per heavy atom. The van der Waals surface area contributed by atoms with Gasteiger partial charge in [0.05, 0.1) is 49.1 Å². The topological polar surface area (TPSA) is 122 Å². The molecule has 1 aromatic heterocycles. The van der Waals surface area contributed by atoms with Crippen LogP contribution >= 0.6 is 11.6 Å². The highest BCUT2D eigenvalue weighted by Gasteiger charge is 2.51. The Bertz CT molecular complexity index is 1260. The van der Waals surface area contributed by atoms with Gasteiger partial charge in [-0.2, -0.15) is 0 Å². The fraction of sp³-hybridized carbons (Fsp3) is 0.440. The number of carbonyl (C=O) groups is 3. The van der Waals surface area contributed by atoms with E-state index in [-0.39, 0.29) is 37.5 Å². The highest BCUT2D eigenvalue weighted by Crippen LogP contribution is 2.47. The molecule has 3 aliphatic heterocycles. The number of hydrogen-bond donors (Lipinski definition) is 3. The number of rotatable bonds is 3. The molecule has 3 amide bonds. The van der Waals surface area contributed by atoms with Crippen LogP contribution in [0, 0.1) is 0 Å². The fourth-order valence-electron chi connectivity index (χ4n) is 5.69. The largest absolute Gasteiger partial charge is 0.376 e. The van der Waals surface area contributed by atoms with Crippen molar-refractivity contribution in [2.24, 2.45) is 0 Å². The first-order valence-corrected chi connectivity index (χ1v) is 12.4. The highest BCUT2D eigenvalue weighted by atomic mass is 35.5. The van der Waals surface area contributed by atoms with Crippen molar-refractivity contribution in [3.05, 3.63) is 52.2 Å². The molecule has 36 heavy (non-hydrogen) atoms. The number of fused-ring (bicyclic) bond motifs is 3. The Morgan fingerprint density at radius 1 is 1.17 bits per heavy atom. The molecule has 1 aliphatic carbocycles. The van der Waals surface area contributed by atoms with E-state index in [0.717, 1.165) is 16.7 Å². The number of piperazine rings is 1. The van der Waals surface area contributed by atoms with Crippen molar-refractivity contribution in [2.75, 3.05) is 56.7 Å². The molecule has 2 saturated heterocycles. The first-order valence-electron chi connectivity index (χ1n) is 12.0. The van der Waals surface area contributed by atoms with Crippen LogP contribution in [0.15, 0.2) is 30.5 Å². The van der Waals surface area contributed by atoms with E-state index >= 15 is 0 Å². The molecule has 6 rings (SSSR count). The minimum Gasteiger partial charge on any atom is -0.376 e. The average Bonchev–Trinajstić information content (AvgIpc) is 3.24. The van der Waals surface area contributed by atoms with Crippen molar-refractivity contribution in [2.45, 2.75) is 23.8 Å². The van der Waals surface area contributed by atoms with E-state index in [1.54, 1.807) is 6.20 Å². The lowest BCUT2D eigenvalue weighted by Crippen LogP contribution is -2.68. The molecule has 0 saturated carbocycles. The summed E-state index contributed by atoms with van der Waals surface area (Å²) in [5, 5.41) is 9.36. The van der Waals surface area contributed by atoms with E-state index in [9.17, 15) is 14.4 Å². The van der Waals surface area contributed by atoms with Crippen molar-refractivity contribution in [1.82, 2.24) is 15.2 Å². The maximum absolute atomic E-state index is 13.2. The van der Waals surface area contributed by atoms with Crippen LogP contribution in [0.25, 0.3) is 0 Å². The summed E-state index contributed by atoms with van der Waals surface area (Å²) in [7, 11) is 0. The Hall–Kier alpha value is -3.05. The van der Waals surface area contributed by atoms with Gasteiger partial charge in [0.15, 0.2) is 0 Å². The number of benzene rings is 1. The van der Waals surface area contributed by atoms with E-state index < -0.39 is 11.0 Å². The lowest BCUT2D eigenvalue weighted by molar-refractivity contribution is -0.147. The maximum atomic E-state index is 13.2. The number of nitrogens with zero attached hydrogens (tertiary/aromatic N) is 2. The number of anilines is 2. The van der Waals surface area contributed by atoms with Crippen molar-refractivity contribution in [1.29, 1.82) is 0 Å². The minimum absolute atomic E-state index is 0.0771. The predicted molar refractivity (Wildman–Crippen MR) is 131 cm³/mol. The third-order valence-electron chi connectivity index (χ3n) is 7.48. The average molecular weight is 512 g/mol. The van der Waals surface area contributed by atoms with Gasteiger partial charge >= 0.3 is 0 Å². The standard InChI is InChI=1S/C25H26ClN5O5/c26-18-8-15-10-24(17-2-1-3-27-21(17)30-22(24)33)11-16(15)9-19(18)29-20(32)12-31-5-4-28-25(23(31)34)13-35-6-7-36-14-25/h1-3,8-9,28H,4-7,10-14H2,(H,29,32)(H,27,30,33). The molecule has 2 spiro atoms. The Kier molecular flexibility index (Phi) is 5.71. The number of aromatic nitrogens is 1. The fourth-order valence-corrected chi connectivity index (χ4v) is 5.92. The summed E-state index contributed by atoms with van der Waals surface area (Å²) in [4.78, 5) is 44.9. The van der Waals surface area contributed by atoms with Crippen LogP contribution < -0.4 is 16.0 Å². The van der Waals surface area contributed by atoms with Gasteiger partial charge in [0.2, 0.25) is 17.7 Å². The first kappa shape index (κ1) is 23.4. The number of halogens is 1. The van der Waals surface area contributed by atoms with Crippen LogP contribution in [-0.2, 0) is 42.1 Å². The third-order valence-corrected chi connectivity index (χ3v) is 7.80. The second-order valence-electron chi connectivity index (χ2n) is 9.78. The zero-order chi connectivity index (χ0) is 24.9. The Morgan fingerprint density at radius 2 is 1.92 bits per heavy atom. The molecule has 0 radical (unpaired) electrons. The van der Waals surface area contributed by atoms with Crippen molar-refractivity contribution in [3.63, 3.8) is 0 Å². The summed E-state index contributed by atoms with van der Waals surface area (Å²) < 4.78 is 11.1. The van der Waals surface area contributed by atoms with Gasteiger partial charge in [0, 0.05) is 24.8 Å².